The number of hydrogen-bond acceptors (Lipinski definition) is 1. The lowest BCUT2D eigenvalue weighted by Crippen LogP contribution is -2.50. The predicted molar refractivity (Wildman–Crippen MR) is 73.0 cm³/mol. The van der Waals surface area contributed by atoms with Crippen LogP contribution >= 0.6 is 0 Å². The van der Waals surface area contributed by atoms with Crippen LogP contribution in [0, 0.1) is 28.6 Å². The number of nitriles is 1. The Morgan fingerprint density at radius 3 is 2.39 bits per heavy atom. The quantitative estimate of drug-likeness (QED) is 0.669. The molecule has 1 fully saturated rings. The Morgan fingerprint density at radius 1 is 1.22 bits per heavy atom. The molecule has 92 valence electrons. The number of benzene rings is 1. The van der Waals surface area contributed by atoms with E-state index in [0.29, 0.717) is 11.3 Å². The Morgan fingerprint density at radius 2 is 1.89 bits per heavy atom. The van der Waals surface area contributed by atoms with E-state index in [9.17, 15) is 0 Å². The van der Waals surface area contributed by atoms with E-state index in [1.807, 2.05) is 12.1 Å². The molecule has 0 aromatic heterocycles. The van der Waals surface area contributed by atoms with Crippen molar-refractivity contribution in [1.82, 2.24) is 0 Å². The minimum Gasteiger partial charge on any atom is -0.192 e. The van der Waals surface area contributed by atoms with Gasteiger partial charge < -0.3 is 0 Å². The zero-order valence-corrected chi connectivity index (χ0v) is 11.3. The van der Waals surface area contributed by atoms with Crippen molar-refractivity contribution in [2.75, 3.05) is 0 Å². The Hall–Kier alpha value is -1.55. The molecule has 0 N–H and O–H groups in total. The second kappa shape index (κ2) is 3.72. The molecule has 2 unspecified atom stereocenters. The van der Waals surface area contributed by atoms with Crippen LogP contribution in [0.15, 0.2) is 35.9 Å². The van der Waals surface area contributed by atoms with E-state index < -0.39 is 0 Å². The summed E-state index contributed by atoms with van der Waals surface area (Å²) in [6, 6.07) is 10.3. The molecule has 4 rings (SSSR count). The highest BCUT2D eigenvalue weighted by Crippen LogP contribution is 2.63. The Bertz CT molecular complexity index is 542. The molecule has 1 aromatic carbocycles. The lowest BCUT2D eigenvalue weighted by atomic mass is 9.45. The van der Waals surface area contributed by atoms with Crippen molar-refractivity contribution in [2.45, 2.75) is 33.1 Å². The molecule has 3 atom stereocenters. The summed E-state index contributed by atoms with van der Waals surface area (Å²) in [5.41, 5.74) is 4.11. The molecule has 0 radical (unpaired) electrons. The van der Waals surface area contributed by atoms with Crippen LogP contribution in [-0.2, 0) is 0 Å². The van der Waals surface area contributed by atoms with Crippen molar-refractivity contribution in [3.63, 3.8) is 0 Å². The van der Waals surface area contributed by atoms with Crippen LogP contribution in [0.5, 0.6) is 0 Å². The maximum Gasteiger partial charge on any atom is 0.0991 e. The third-order valence-corrected chi connectivity index (χ3v) is 5.19. The molecule has 1 aromatic rings. The Kier molecular flexibility index (Phi) is 2.38. The number of fused-ring (bicyclic) bond motifs is 1. The molecular formula is C17H19N. The van der Waals surface area contributed by atoms with Gasteiger partial charge in [0.15, 0.2) is 0 Å². The number of nitrogens with zero attached hydrogens (tertiary/aromatic N) is 1. The number of rotatable bonds is 1. The summed E-state index contributed by atoms with van der Waals surface area (Å²) < 4.78 is 0. The van der Waals surface area contributed by atoms with E-state index in [1.165, 1.54) is 12.0 Å². The van der Waals surface area contributed by atoms with Crippen molar-refractivity contribution < 1.29 is 0 Å². The molecule has 0 aliphatic heterocycles. The highest BCUT2D eigenvalue weighted by molar-refractivity contribution is 5.39. The largest absolute Gasteiger partial charge is 0.192 e. The first kappa shape index (κ1) is 11.5. The lowest BCUT2D eigenvalue weighted by molar-refractivity contribution is -0.0190. The molecule has 3 aliphatic carbocycles. The van der Waals surface area contributed by atoms with E-state index in [2.05, 4.69) is 45.0 Å². The standard InChI is InChI=1S/C17H19N/c1-11-8-14(16-9-15(11)17(16,2)3)13-6-4-12(10-18)5-7-13/h4-8,14-16H,9H2,1-3H3/t14-,15?,16?/m0/s1. The molecular weight excluding hydrogens is 218 g/mol. The molecule has 1 heteroatoms. The first-order valence-electron chi connectivity index (χ1n) is 6.72. The first-order chi connectivity index (χ1) is 8.54. The van der Waals surface area contributed by atoms with Crippen LogP contribution < -0.4 is 0 Å². The van der Waals surface area contributed by atoms with Crippen LogP contribution in [0.25, 0.3) is 0 Å². The maximum atomic E-state index is 8.86. The minimum atomic E-state index is 0.442. The Labute approximate surface area is 109 Å². The van der Waals surface area contributed by atoms with Gasteiger partial charge in [0.1, 0.15) is 0 Å². The van der Waals surface area contributed by atoms with E-state index >= 15 is 0 Å². The molecule has 1 nitrogen and oxygen atoms in total. The van der Waals surface area contributed by atoms with Crippen molar-refractivity contribution in [2.24, 2.45) is 17.3 Å². The third-order valence-electron chi connectivity index (χ3n) is 5.19. The molecule has 1 saturated carbocycles. The SMILES string of the molecule is CC1=C[C@@H](c2ccc(C#N)cc2)C2CC1C2(C)C. The van der Waals surface area contributed by atoms with Gasteiger partial charge in [-0.15, -0.1) is 0 Å². The highest BCUT2D eigenvalue weighted by atomic mass is 14.6. The van der Waals surface area contributed by atoms with Gasteiger partial charge in [-0.2, -0.15) is 5.26 Å². The third kappa shape index (κ3) is 1.45. The minimum absolute atomic E-state index is 0.442. The van der Waals surface area contributed by atoms with Gasteiger partial charge in [-0.1, -0.05) is 37.6 Å². The molecule has 18 heavy (non-hydrogen) atoms. The molecule has 0 amide bonds. The first-order valence-corrected chi connectivity index (χ1v) is 6.72. The van der Waals surface area contributed by atoms with Gasteiger partial charge >= 0.3 is 0 Å². The fraction of sp³-hybridized carbons (Fsp3) is 0.471. The van der Waals surface area contributed by atoms with E-state index in [4.69, 9.17) is 5.26 Å². The van der Waals surface area contributed by atoms with Crippen LogP contribution in [-0.4, -0.2) is 0 Å². The van der Waals surface area contributed by atoms with Crippen LogP contribution in [0.2, 0.25) is 0 Å². The van der Waals surface area contributed by atoms with Crippen molar-refractivity contribution >= 4 is 0 Å². The zero-order chi connectivity index (χ0) is 12.9. The number of hydrogen-bond donors (Lipinski definition) is 0. The summed E-state index contributed by atoms with van der Waals surface area (Å²) in [5.74, 6) is 2.09. The second-order valence-electron chi connectivity index (χ2n) is 6.39. The highest BCUT2D eigenvalue weighted by Gasteiger charge is 2.54. The van der Waals surface area contributed by atoms with Gasteiger partial charge in [-0.05, 0) is 48.3 Å². The summed E-state index contributed by atoms with van der Waals surface area (Å²) in [6.07, 6.45) is 3.78. The van der Waals surface area contributed by atoms with Crippen LogP contribution in [0.4, 0.5) is 0 Å². The average Bonchev–Trinajstić information content (AvgIpc) is 2.37. The van der Waals surface area contributed by atoms with Gasteiger partial charge in [0, 0.05) is 5.92 Å². The zero-order valence-electron chi connectivity index (χ0n) is 11.3. The fourth-order valence-corrected chi connectivity index (χ4v) is 3.97. The predicted octanol–water partition coefficient (Wildman–Crippen LogP) is 4.26. The summed E-state index contributed by atoms with van der Waals surface area (Å²) in [6.45, 7) is 7.08. The van der Waals surface area contributed by atoms with E-state index in [-0.39, 0.29) is 0 Å². The maximum absolute atomic E-state index is 8.86. The summed E-state index contributed by atoms with van der Waals surface area (Å²) >= 11 is 0. The molecule has 3 aliphatic rings. The van der Waals surface area contributed by atoms with Crippen molar-refractivity contribution in [1.29, 1.82) is 5.26 Å². The topological polar surface area (TPSA) is 23.8 Å². The van der Waals surface area contributed by atoms with Gasteiger partial charge in [0.2, 0.25) is 0 Å². The summed E-state index contributed by atoms with van der Waals surface area (Å²) in [4.78, 5) is 0. The number of allylic oxidation sites excluding steroid dienone is 2. The molecule has 2 bridgehead atoms. The molecule has 0 saturated heterocycles. The normalized spacial score (nSPS) is 32.1. The Balaban J connectivity index is 1.97. The molecule has 0 spiro atoms. The smallest absolute Gasteiger partial charge is 0.0991 e. The lowest BCUT2D eigenvalue weighted by Gasteiger charge is -2.59. The second-order valence-corrected chi connectivity index (χ2v) is 6.39. The average molecular weight is 237 g/mol. The van der Waals surface area contributed by atoms with Gasteiger partial charge in [0.05, 0.1) is 11.6 Å². The fourth-order valence-electron chi connectivity index (χ4n) is 3.97. The van der Waals surface area contributed by atoms with Gasteiger partial charge in [-0.25, -0.2) is 0 Å². The summed E-state index contributed by atoms with van der Waals surface area (Å²) in [5, 5.41) is 8.86. The van der Waals surface area contributed by atoms with Crippen LogP contribution in [0.3, 0.4) is 0 Å². The van der Waals surface area contributed by atoms with Gasteiger partial charge in [0.25, 0.3) is 0 Å². The van der Waals surface area contributed by atoms with Crippen molar-refractivity contribution in [3.8, 4) is 6.07 Å². The van der Waals surface area contributed by atoms with Gasteiger partial charge in [-0.3, -0.25) is 0 Å². The van der Waals surface area contributed by atoms with E-state index in [1.54, 1.807) is 5.57 Å². The molecule has 0 heterocycles. The van der Waals surface area contributed by atoms with Crippen LogP contribution in [0.1, 0.15) is 44.2 Å². The summed E-state index contributed by atoms with van der Waals surface area (Å²) in [7, 11) is 0. The monoisotopic (exact) mass is 237 g/mol. The van der Waals surface area contributed by atoms with E-state index in [0.717, 1.165) is 17.4 Å². The van der Waals surface area contributed by atoms with Crippen molar-refractivity contribution in [3.05, 3.63) is 47.0 Å².